The lowest BCUT2D eigenvalue weighted by atomic mass is 10.3. The Hall–Kier alpha value is -0.880. The fourth-order valence-electron chi connectivity index (χ4n) is 1.95. The molecule has 1 saturated carbocycles. The van der Waals surface area contributed by atoms with Crippen molar-refractivity contribution in [2.24, 2.45) is 7.05 Å². The minimum atomic E-state index is -3.38. The van der Waals surface area contributed by atoms with Crippen LogP contribution in [0.3, 0.4) is 0 Å². The van der Waals surface area contributed by atoms with Crippen LogP contribution >= 0.6 is 0 Å². The normalized spacial score (nSPS) is 18.5. The molecule has 1 heterocycles. The number of rotatable bonds is 3. The monoisotopic (exact) mass is 229 g/mol. The van der Waals surface area contributed by atoms with Gasteiger partial charge in [0, 0.05) is 13.1 Å². The summed E-state index contributed by atoms with van der Waals surface area (Å²) in [4.78, 5) is 0. The molecule has 0 aromatic carbocycles. The second-order valence-electron chi connectivity index (χ2n) is 3.90. The zero-order valence-electron chi connectivity index (χ0n) is 8.68. The summed E-state index contributed by atoms with van der Waals surface area (Å²) in [6.07, 6.45) is 5.59. The molecule has 1 aliphatic rings. The molecule has 1 aromatic rings. The predicted molar refractivity (Wildman–Crippen MR) is 55.8 cm³/mol. The Morgan fingerprint density at radius 1 is 1.47 bits per heavy atom. The van der Waals surface area contributed by atoms with Gasteiger partial charge in [-0.2, -0.15) is 5.10 Å². The summed E-state index contributed by atoms with van der Waals surface area (Å²) in [6.45, 7) is 0. The third-order valence-electron chi connectivity index (χ3n) is 2.73. The summed E-state index contributed by atoms with van der Waals surface area (Å²) in [5.74, 6) is 0. The standard InChI is InChI=1S/C9H15N3O2S/c1-12-9(6-7-10-12)15(13,14)11-8-4-2-3-5-8/h6-8,11H,2-5H2,1H3. The van der Waals surface area contributed by atoms with Gasteiger partial charge in [-0.15, -0.1) is 0 Å². The molecule has 1 aromatic heterocycles. The molecule has 6 heteroatoms. The number of aryl methyl sites for hydroxylation is 1. The summed E-state index contributed by atoms with van der Waals surface area (Å²) in [6, 6.07) is 1.61. The van der Waals surface area contributed by atoms with Crippen molar-refractivity contribution in [3.05, 3.63) is 12.3 Å². The zero-order chi connectivity index (χ0) is 10.9. The molecule has 1 aliphatic carbocycles. The quantitative estimate of drug-likeness (QED) is 0.827. The summed E-state index contributed by atoms with van der Waals surface area (Å²) < 4.78 is 27.9. The van der Waals surface area contributed by atoms with Gasteiger partial charge in [-0.1, -0.05) is 12.8 Å². The Labute approximate surface area is 89.5 Å². The molecule has 0 bridgehead atoms. The van der Waals surface area contributed by atoms with Gasteiger partial charge in [0.05, 0.1) is 6.20 Å². The van der Waals surface area contributed by atoms with E-state index in [9.17, 15) is 8.42 Å². The lowest BCUT2D eigenvalue weighted by molar-refractivity contribution is 0.538. The van der Waals surface area contributed by atoms with Crippen LogP contribution in [-0.2, 0) is 17.1 Å². The maximum atomic E-state index is 11.9. The van der Waals surface area contributed by atoms with Crippen LogP contribution in [0.2, 0.25) is 0 Å². The molecule has 0 radical (unpaired) electrons. The molecular weight excluding hydrogens is 214 g/mol. The summed E-state index contributed by atoms with van der Waals surface area (Å²) >= 11 is 0. The first kappa shape index (κ1) is 10.6. The summed E-state index contributed by atoms with van der Waals surface area (Å²) in [7, 11) is -1.75. The van der Waals surface area contributed by atoms with E-state index in [1.807, 2.05) is 0 Å². The number of nitrogens with zero attached hydrogens (tertiary/aromatic N) is 2. The van der Waals surface area contributed by atoms with Gasteiger partial charge in [0.25, 0.3) is 10.0 Å². The molecule has 0 unspecified atom stereocenters. The van der Waals surface area contributed by atoms with E-state index in [4.69, 9.17) is 0 Å². The van der Waals surface area contributed by atoms with Gasteiger partial charge in [-0.25, -0.2) is 13.1 Å². The number of hydrogen-bond acceptors (Lipinski definition) is 3. The molecule has 1 fully saturated rings. The van der Waals surface area contributed by atoms with Crippen molar-refractivity contribution >= 4 is 10.0 Å². The smallest absolute Gasteiger partial charge is 0.256 e. The molecule has 2 rings (SSSR count). The Morgan fingerprint density at radius 3 is 2.67 bits per heavy atom. The van der Waals surface area contributed by atoms with E-state index in [0.717, 1.165) is 25.7 Å². The van der Waals surface area contributed by atoms with Gasteiger partial charge in [-0.3, -0.25) is 4.68 Å². The minimum absolute atomic E-state index is 0.102. The molecule has 0 atom stereocenters. The van der Waals surface area contributed by atoms with Crippen molar-refractivity contribution in [2.45, 2.75) is 36.8 Å². The number of sulfonamides is 1. The Morgan fingerprint density at radius 2 is 2.13 bits per heavy atom. The molecular formula is C9H15N3O2S. The van der Waals surface area contributed by atoms with Crippen molar-refractivity contribution in [1.82, 2.24) is 14.5 Å². The molecule has 84 valence electrons. The van der Waals surface area contributed by atoms with Crippen LogP contribution in [0.15, 0.2) is 17.3 Å². The second-order valence-corrected chi connectivity index (χ2v) is 5.56. The highest BCUT2D eigenvalue weighted by Gasteiger charge is 2.24. The Bertz CT molecular complexity index is 432. The van der Waals surface area contributed by atoms with E-state index in [1.54, 1.807) is 7.05 Å². The average Bonchev–Trinajstić information content (AvgIpc) is 2.75. The van der Waals surface area contributed by atoms with E-state index in [2.05, 4.69) is 9.82 Å². The van der Waals surface area contributed by atoms with Crippen molar-refractivity contribution in [2.75, 3.05) is 0 Å². The third kappa shape index (κ3) is 2.21. The van der Waals surface area contributed by atoms with Crippen LogP contribution in [-0.4, -0.2) is 24.2 Å². The van der Waals surface area contributed by atoms with E-state index in [-0.39, 0.29) is 11.1 Å². The van der Waals surface area contributed by atoms with E-state index >= 15 is 0 Å². The number of nitrogens with one attached hydrogen (secondary N) is 1. The Kier molecular flexibility index (Phi) is 2.79. The van der Waals surface area contributed by atoms with Gasteiger partial charge in [0.15, 0.2) is 5.03 Å². The molecule has 1 N–H and O–H groups in total. The fraction of sp³-hybridized carbons (Fsp3) is 0.667. The maximum absolute atomic E-state index is 11.9. The van der Waals surface area contributed by atoms with E-state index in [1.165, 1.54) is 16.9 Å². The highest BCUT2D eigenvalue weighted by molar-refractivity contribution is 7.89. The van der Waals surface area contributed by atoms with Crippen molar-refractivity contribution in [3.63, 3.8) is 0 Å². The Balaban J connectivity index is 2.16. The number of aromatic nitrogens is 2. The third-order valence-corrected chi connectivity index (χ3v) is 4.32. The summed E-state index contributed by atoms with van der Waals surface area (Å²) in [5.41, 5.74) is 0. The predicted octanol–water partition coefficient (Wildman–Crippen LogP) is 0.641. The van der Waals surface area contributed by atoms with Gasteiger partial charge in [0.2, 0.25) is 0 Å². The van der Waals surface area contributed by atoms with Crippen LogP contribution in [0.5, 0.6) is 0 Å². The molecule has 15 heavy (non-hydrogen) atoms. The van der Waals surface area contributed by atoms with E-state index in [0.29, 0.717) is 0 Å². The van der Waals surface area contributed by atoms with Crippen molar-refractivity contribution in [1.29, 1.82) is 0 Å². The molecule has 0 saturated heterocycles. The van der Waals surface area contributed by atoms with E-state index < -0.39 is 10.0 Å². The maximum Gasteiger partial charge on any atom is 0.257 e. The van der Waals surface area contributed by atoms with Crippen LogP contribution in [0.4, 0.5) is 0 Å². The highest BCUT2D eigenvalue weighted by atomic mass is 32.2. The SMILES string of the molecule is Cn1nccc1S(=O)(=O)NC1CCCC1. The van der Waals surface area contributed by atoms with Gasteiger partial charge >= 0.3 is 0 Å². The molecule has 0 spiro atoms. The highest BCUT2D eigenvalue weighted by Crippen LogP contribution is 2.19. The van der Waals surface area contributed by atoms with Crippen molar-refractivity contribution in [3.8, 4) is 0 Å². The first-order valence-electron chi connectivity index (χ1n) is 5.10. The average molecular weight is 229 g/mol. The first-order chi connectivity index (χ1) is 7.09. The fourth-order valence-corrected chi connectivity index (χ4v) is 3.38. The van der Waals surface area contributed by atoms with Crippen LogP contribution in [0.25, 0.3) is 0 Å². The largest absolute Gasteiger partial charge is 0.257 e. The molecule has 5 nitrogen and oxygen atoms in total. The number of hydrogen-bond donors (Lipinski definition) is 1. The topological polar surface area (TPSA) is 64.0 Å². The minimum Gasteiger partial charge on any atom is -0.256 e. The van der Waals surface area contributed by atoms with Gasteiger partial charge < -0.3 is 0 Å². The lowest BCUT2D eigenvalue weighted by Crippen LogP contribution is -2.33. The van der Waals surface area contributed by atoms with Crippen LogP contribution < -0.4 is 4.72 Å². The lowest BCUT2D eigenvalue weighted by Gasteiger charge is -2.12. The van der Waals surface area contributed by atoms with Crippen molar-refractivity contribution < 1.29 is 8.42 Å². The summed E-state index contributed by atoms with van der Waals surface area (Å²) in [5, 5.41) is 4.09. The molecule has 0 aliphatic heterocycles. The van der Waals surface area contributed by atoms with Gasteiger partial charge in [-0.05, 0) is 18.9 Å². The van der Waals surface area contributed by atoms with Crippen LogP contribution in [0.1, 0.15) is 25.7 Å². The zero-order valence-corrected chi connectivity index (χ0v) is 9.50. The second kappa shape index (κ2) is 3.94. The molecule has 0 amide bonds. The van der Waals surface area contributed by atoms with Gasteiger partial charge in [0.1, 0.15) is 0 Å². The first-order valence-corrected chi connectivity index (χ1v) is 6.58. The van der Waals surface area contributed by atoms with Crippen LogP contribution in [0, 0.1) is 0 Å².